The number of nitrogens with zero attached hydrogens (tertiary/aromatic N) is 2. The van der Waals surface area contributed by atoms with Gasteiger partial charge in [-0.3, -0.25) is 0 Å². The van der Waals surface area contributed by atoms with Crippen molar-refractivity contribution < 1.29 is 18.8 Å². The monoisotopic (exact) mass is 602 g/mol. The highest BCUT2D eigenvalue weighted by atomic mass is 16.5. The highest BCUT2D eigenvalue weighted by Gasteiger charge is 2.26. The Bertz CT molecular complexity index is 1570. The van der Waals surface area contributed by atoms with Gasteiger partial charge in [-0.05, 0) is 83.4 Å². The normalized spacial score (nSPS) is 11.8. The molecule has 0 aromatic heterocycles. The number of hydrogen-bond acceptors (Lipinski definition) is 4. The van der Waals surface area contributed by atoms with Crippen molar-refractivity contribution in [2.45, 2.75) is 75.8 Å². The van der Waals surface area contributed by atoms with Gasteiger partial charge in [0, 0.05) is 0 Å². The van der Waals surface area contributed by atoms with Crippen molar-refractivity contribution in [2.75, 3.05) is 0 Å². The first-order valence-electron chi connectivity index (χ1n) is 15.2. The van der Waals surface area contributed by atoms with E-state index in [4.69, 9.17) is 31.9 Å². The second kappa shape index (κ2) is 17.7. The molecule has 8 heteroatoms. The third-order valence-electron chi connectivity index (χ3n) is 7.25. The quantitative estimate of drug-likeness (QED) is 0.172. The van der Waals surface area contributed by atoms with Gasteiger partial charge in [0.15, 0.2) is 11.4 Å². The van der Waals surface area contributed by atoms with E-state index in [2.05, 4.69) is 48.5 Å². The average Bonchev–Trinajstić information content (AvgIpc) is 3.63. The molecule has 2 aliphatic rings. The molecule has 0 unspecified atom stereocenters. The van der Waals surface area contributed by atoms with Crippen LogP contribution in [0.15, 0.2) is 72.8 Å². The maximum absolute atomic E-state index is 6.94. The molecule has 6 nitrogen and oxygen atoms in total. The predicted octanol–water partition coefficient (Wildman–Crippen LogP) is 10.1. The molecule has 0 spiro atoms. The molecule has 0 saturated heterocycles. The van der Waals surface area contributed by atoms with Gasteiger partial charge in [0.25, 0.3) is 0 Å². The fourth-order valence-electron chi connectivity index (χ4n) is 4.84. The van der Waals surface area contributed by atoms with Crippen LogP contribution in [0.4, 0.5) is 11.4 Å². The fourth-order valence-corrected chi connectivity index (χ4v) is 4.84. The Morgan fingerprint density at radius 1 is 0.644 bits per heavy atom. The lowest BCUT2D eigenvalue weighted by Crippen LogP contribution is -2.24. The molecule has 0 bridgehead atoms. The topological polar surface area (TPSA) is 45.6 Å². The number of benzene rings is 4. The molecule has 0 atom stereocenters. The Morgan fingerprint density at radius 2 is 1.13 bits per heavy atom. The molecule has 0 radical (unpaired) electrons. The van der Waals surface area contributed by atoms with E-state index in [0.29, 0.717) is 24.6 Å². The van der Waals surface area contributed by atoms with Crippen molar-refractivity contribution >= 4 is 36.1 Å². The van der Waals surface area contributed by atoms with Gasteiger partial charge in [-0.15, -0.1) is 0 Å². The Hall–Kier alpha value is -4.49. The van der Waals surface area contributed by atoms with E-state index in [1.807, 2.05) is 65.0 Å². The lowest BCUT2D eigenvalue weighted by Gasteiger charge is -2.12. The summed E-state index contributed by atoms with van der Waals surface area (Å²) in [6.45, 7) is 31.7. The zero-order valence-electron chi connectivity index (χ0n) is 27.0. The standard InChI is InChI=1S/2C16H14BNO2.2C2H6.CH4/c1-11-8-15-12(10-19-17(15)2)9-16(11)20-14-6-4-13(18-3)5-7-14;1-11-14-10-19-17(2)15(14)8-9-16(11)20-13-6-4-12(18-3)5-7-13;2*1-2;/h2*4-9H,10H2,1-2H3;2*1-2H3;1H4. The molecule has 0 saturated carbocycles. The van der Waals surface area contributed by atoms with Crippen LogP contribution in [0.5, 0.6) is 23.0 Å². The molecule has 2 aliphatic heterocycles. The van der Waals surface area contributed by atoms with Gasteiger partial charge >= 0.3 is 13.8 Å². The van der Waals surface area contributed by atoms with Gasteiger partial charge in [-0.2, -0.15) is 0 Å². The average molecular weight is 602 g/mol. The molecule has 4 aromatic rings. The summed E-state index contributed by atoms with van der Waals surface area (Å²) in [6.07, 6.45) is 0. The number of fused-ring (bicyclic) bond motifs is 2. The van der Waals surface area contributed by atoms with Crippen LogP contribution >= 0.6 is 0 Å². The zero-order valence-corrected chi connectivity index (χ0v) is 27.0. The second-order valence-electron chi connectivity index (χ2n) is 9.89. The van der Waals surface area contributed by atoms with Gasteiger partial charge in [-0.25, -0.2) is 9.69 Å². The summed E-state index contributed by atoms with van der Waals surface area (Å²) in [7, 11) is 0. The second-order valence-corrected chi connectivity index (χ2v) is 9.89. The van der Waals surface area contributed by atoms with Gasteiger partial charge < -0.3 is 18.8 Å². The Kier molecular flexibility index (Phi) is 14.4. The predicted molar refractivity (Wildman–Crippen MR) is 189 cm³/mol. The minimum absolute atomic E-state index is 0. The molecular formula is C37H44B2N2O4. The number of hydrogen-bond donors (Lipinski definition) is 0. The van der Waals surface area contributed by atoms with Crippen molar-refractivity contribution in [3.8, 4) is 23.0 Å². The molecular weight excluding hydrogens is 558 g/mol. The number of aryl methyl sites for hydroxylation is 1. The lowest BCUT2D eigenvalue weighted by molar-refractivity contribution is 0.332. The Balaban J connectivity index is 0.000000277. The molecule has 45 heavy (non-hydrogen) atoms. The van der Waals surface area contributed by atoms with Crippen LogP contribution in [0.1, 0.15) is 57.4 Å². The van der Waals surface area contributed by atoms with Crippen molar-refractivity contribution in [3.05, 3.63) is 118 Å². The van der Waals surface area contributed by atoms with Gasteiger partial charge in [0.05, 0.1) is 26.4 Å². The fraction of sp³-hybridized carbons (Fsp3) is 0.297. The van der Waals surface area contributed by atoms with E-state index < -0.39 is 0 Å². The van der Waals surface area contributed by atoms with Gasteiger partial charge in [0.2, 0.25) is 0 Å². The summed E-state index contributed by atoms with van der Waals surface area (Å²) in [5.41, 5.74) is 8.37. The van der Waals surface area contributed by atoms with E-state index in [0.717, 1.165) is 34.1 Å². The first-order valence-corrected chi connectivity index (χ1v) is 15.2. The third kappa shape index (κ3) is 9.02. The van der Waals surface area contributed by atoms with Crippen molar-refractivity contribution in [1.82, 2.24) is 0 Å². The largest absolute Gasteiger partial charge is 0.457 e. The Labute approximate surface area is 271 Å². The zero-order chi connectivity index (χ0) is 32.2. The summed E-state index contributed by atoms with van der Waals surface area (Å²) in [5, 5.41) is 0. The molecule has 232 valence electrons. The van der Waals surface area contributed by atoms with Crippen LogP contribution in [0, 0.1) is 27.0 Å². The maximum Gasteiger partial charge on any atom is 0.324 e. The van der Waals surface area contributed by atoms with Crippen LogP contribution < -0.4 is 20.4 Å². The van der Waals surface area contributed by atoms with Crippen molar-refractivity contribution in [3.63, 3.8) is 0 Å². The maximum atomic E-state index is 6.94. The van der Waals surface area contributed by atoms with E-state index in [-0.39, 0.29) is 21.3 Å². The van der Waals surface area contributed by atoms with E-state index in [9.17, 15) is 0 Å². The number of rotatable bonds is 4. The highest BCUT2D eigenvalue weighted by molar-refractivity contribution is 6.68. The van der Waals surface area contributed by atoms with Gasteiger partial charge in [0.1, 0.15) is 23.0 Å². The first kappa shape index (κ1) is 36.7. The summed E-state index contributed by atoms with van der Waals surface area (Å²) in [5.74, 6) is 3.17. The van der Waals surface area contributed by atoms with Crippen molar-refractivity contribution in [2.24, 2.45) is 0 Å². The first-order chi connectivity index (χ1) is 21.4. The summed E-state index contributed by atoms with van der Waals surface area (Å²) in [6, 6.07) is 22.6. The van der Waals surface area contributed by atoms with Gasteiger partial charge in [-0.1, -0.05) is 85.2 Å². The van der Waals surface area contributed by atoms with E-state index in [1.165, 1.54) is 22.1 Å². The van der Waals surface area contributed by atoms with E-state index >= 15 is 0 Å². The summed E-state index contributed by atoms with van der Waals surface area (Å²) < 4.78 is 23.1. The van der Waals surface area contributed by atoms with Crippen LogP contribution in [-0.2, 0) is 22.5 Å². The molecule has 0 N–H and O–H groups in total. The summed E-state index contributed by atoms with van der Waals surface area (Å²) >= 11 is 0. The van der Waals surface area contributed by atoms with Crippen LogP contribution in [0.2, 0.25) is 13.6 Å². The molecule has 4 aromatic carbocycles. The minimum atomic E-state index is 0. The third-order valence-corrected chi connectivity index (χ3v) is 7.25. The van der Waals surface area contributed by atoms with Crippen LogP contribution in [0.3, 0.4) is 0 Å². The van der Waals surface area contributed by atoms with Crippen molar-refractivity contribution in [1.29, 1.82) is 0 Å². The Morgan fingerprint density at radius 3 is 1.67 bits per heavy atom. The lowest BCUT2D eigenvalue weighted by atomic mass is 9.64. The molecule has 6 rings (SSSR count). The van der Waals surface area contributed by atoms with Crippen LogP contribution in [0.25, 0.3) is 9.69 Å². The molecule has 2 heterocycles. The molecule has 0 aliphatic carbocycles. The van der Waals surface area contributed by atoms with E-state index in [1.54, 1.807) is 24.3 Å². The minimum Gasteiger partial charge on any atom is -0.457 e. The number of ether oxygens (including phenoxy) is 2. The molecule has 0 amide bonds. The SMILES string of the molecule is C.CC.CC.[C-]#[N+]c1ccc(Oc2cc3c(cc2C)B(C)OC3)cc1.[C-]#[N+]c1ccc(Oc2ccc3c(c2C)COB3C)cc1. The summed E-state index contributed by atoms with van der Waals surface area (Å²) in [4.78, 5) is 6.74. The van der Waals surface area contributed by atoms with Crippen LogP contribution in [-0.4, -0.2) is 13.8 Å². The highest BCUT2D eigenvalue weighted by Crippen LogP contribution is 2.31. The smallest absolute Gasteiger partial charge is 0.324 e. The molecule has 0 fully saturated rings.